The van der Waals surface area contributed by atoms with Crippen molar-refractivity contribution in [2.75, 3.05) is 4.90 Å². The molecule has 1 saturated heterocycles. The Balaban J connectivity index is 1.46. The molecule has 6 rings (SSSR count). The second kappa shape index (κ2) is 10.9. The number of thioether (sulfide) groups is 1. The number of hydrogen-bond donors (Lipinski definition) is 1. The Hall–Kier alpha value is -3.77. The lowest BCUT2D eigenvalue weighted by atomic mass is 9.96. The minimum atomic E-state index is -1.09. The number of aliphatic hydroxyl groups excluding tert-OH is 1. The van der Waals surface area contributed by atoms with Gasteiger partial charge >= 0.3 is 5.91 Å². The molecule has 0 radical (unpaired) electrons. The number of ketones is 1. The number of rotatable bonds is 6. The van der Waals surface area contributed by atoms with E-state index in [1.54, 1.807) is 66.1 Å². The number of nitrogens with zero attached hydrogens (tertiary/aromatic N) is 5. The van der Waals surface area contributed by atoms with Crippen molar-refractivity contribution in [1.82, 2.24) is 19.6 Å². The third kappa shape index (κ3) is 4.88. The van der Waals surface area contributed by atoms with Crippen LogP contribution in [0.5, 0.6) is 0 Å². The first-order valence-corrected chi connectivity index (χ1v) is 14.7. The van der Waals surface area contributed by atoms with E-state index >= 15 is 0 Å². The SMILES string of the molecule is Cc1nc2ccccn2c1/C(O)=C1\C(=O)C(=O)N(c2nnc(SCc3ccccc3F)s2)C1c1ccc(Cl)c(Cl)c1. The standard InChI is InChI=1S/C28H18Cl2FN5O3S2/c1-14-22(35-11-5-4-8-20(35)32-14)24(37)21-23(15-9-10-17(29)18(30)12-15)36(26(39)25(21)38)27-33-34-28(41-27)40-13-16-6-2-3-7-19(16)31/h2-12,23,37H,13H2,1H3/b24-21+. The number of anilines is 1. The van der Waals surface area contributed by atoms with Crippen LogP contribution in [0.15, 0.2) is 76.8 Å². The molecule has 206 valence electrons. The quantitative estimate of drug-likeness (QED) is 0.0723. The molecule has 0 spiro atoms. The van der Waals surface area contributed by atoms with Crippen LogP contribution in [0.1, 0.15) is 28.6 Å². The molecule has 1 aliphatic rings. The van der Waals surface area contributed by atoms with Crippen molar-refractivity contribution in [1.29, 1.82) is 0 Å². The molecule has 8 nitrogen and oxygen atoms in total. The number of aromatic nitrogens is 4. The van der Waals surface area contributed by atoms with Crippen molar-refractivity contribution in [2.24, 2.45) is 0 Å². The lowest BCUT2D eigenvalue weighted by Gasteiger charge is -2.22. The van der Waals surface area contributed by atoms with Crippen LogP contribution < -0.4 is 4.90 Å². The molecule has 0 bridgehead atoms. The zero-order chi connectivity index (χ0) is 28.8. The number of hydrogen-bond acceptors (Lipinski definition) is 8. The van der Waals surface area contributed by atoms with Crippen LogP contribution in [0.4, 0.5) is 9.52 Å². The Morgan fingerprint density at radius 2 is 1.85 bits per heavy atom. The summed E-state index contributed by atoms with van der Waals surface area (Å²) in [6, 6.07) is 15.4. The van der Waals surface area contributed by atoms with E-state index in [1.165, 1.54) is 28.8 Å². The normalized spacial score (nSPS) is 16.7. The molecule has 13 heteroatoms. The van der Waals surface area contributed by atoms with Gasteiger partial charge in [0.2, 0.25) is 5.13 Å². The number of carbonyl (C=O) groups excluding carboxylic acids is 2. The van der Waals surface area contributed by atoms with Gasteiger partial charge in [-0.15, -0.1) is 10.2 Å². The van der Waals surface area contributed by atoms with Gasteiger partial charge in [0.25, 0.3) is 5.78 Å². The third-order valence-electron chi connectivity index (χ3n) is 6.54. The molecule has 1 amide bonds. The van der Waals surface area contributed by atoms with Crippen LogP contribution in [-0.2, 0) is 15.3 Å². The van der Waals surface area contributed by atoms with Gasteiger partial charge in [-0.1, -0.05) is 76.6 Å². The molecule has 5 aromatic rings. The van der Waals surface area contributed by atoms with Crippen LogP contribution in [0, 0.1) is 12.7 Å². The summed E-state index contributed by atoms with van der Waals surface area (Å²) < 4.78 is 16.2. The topological polar surface area (TPSA) is 101 Å². The first kappa shape index (κ1) is 27.4. The van der Waals surface area contributed by atoms with Crippen LogP contribution in [0.3, 0.4) is 0 Å². The van der Waals surface area contributed by atoms with Gasteiger partial charge in [0.05, 0.1) is 27.4 Å². The van der Waals surface area contributed by atoms with Crippen molar-refractivity contribution in [3.05, 3.63) is 111 Å². The largest absolute Gasteiger partial charge is 0.505 e. The van der Waals surface area contributed by atoms with Crippen molar-refractivity contribution in [2.45, 2.75) is 23.1 Å². The van der Waals surface area contributed by atoms with Crippen LogP contribution in [0.25, 0.3) is 11.4 Å². The zero-order valence-electron chi connectivity index (χ0n) is 21.1. The molecule has 2 aromatic carbocycles. The summed E-state index contributed by atoms with van der Waals surface area (Å²) in [5, 5.41) is 20.6. The molecule has 0 saturated carbocycles. The minimum Gasteiger partial charge on any atom is -0.505 e. The highest BCUT2D eigenvalue weighted by Crippen LogP contribution is 2.45. The van der Waals surface area contributed by atoms with Gasteiger partial charge in [0.15, 0.2) is 10.1 Å². The van der Waals surface area contributed by atoms with Crippen LogP contribution >= 0.6 is 46.3 Å². The molecule has 1 N–H and O–H groups in total. The van der Waals surface area contributed by atoms with Gasteiger partial charge in [-0.25, -0.2) is 9.37 Å². The summed E-state index contributed by atoms with van der Waals surface area (Å²) in [7, 11) is 0. The second-order valence-corrected chi connectivity index (χ2v) is 12.0. The molecule has 4 heterocycles. The Bertz CT molecular complexity index is 1890. The van der Waals surface area contributed by atoms with Crippen molar-refractivity contribution in [3.63, 3.8) is 0 Å². The molecule has 1 unspecified atom stereocenters. The van der Waals surface area contributed by atoms with E-state index < -0.39 is 23.5 Å². The van der Waals surface area contributed by atoms with Gasteiger partial charge in [-0.3, -0.25) is 18.9 Å². The second-order valence-electron chi connectivity index (χ2n) is 9.05. The maximum absolute atomic E-state index is 14.1. The fourth-order valence-corrected chi connectivity index (χ4v) is 6.83. The number of aliphatic hydroxyl groups is 1. The van der Waals surface area contributed by atoms with Crippen molar-refractivity contribution >= 4 is 74.5 Å². The smallest absolute Gasteiger partial charge is 0.301 e. The summed E-state index contributed by atoms with van der Waals surface area (Å²) in [5.74, 6) is -2.23. The number of halogens is 3. The Labute approximate surface area is 251 Å². The van der Waals surface area contributed by atoms with E-state index in [0.29, 0.717) is 32.6 Å². The van der Waals surface area contributed by atoms with E-state index in [1.807, 2.05) is 0 Å². The molecule has 41 heavy (non-hydrogen) atoms. The van der Waals surface area contributed by atoms with Gasteiger partial charge in [0.1, 0.15) is 17.2 Å². The maximum Gasteiger partial charge on any atom is 0.301 e. The van der Waals surface area contributed by atoms with Gasteiger partial charge < -0.3 is 5.11 Å². The highest BCUT2D eigenvalue weighted by Gasteiger charge is 2.49. The molecule has 1 atom stereocenters. The van der Waals surface area contributed by atoms with Gasteiger partial charge in [-0.05, 0) is 48.4 Å². The Morgan fingerprint density at radius 3 is 2.63 bits per heavy atom. The third-order valence-corrected chi connectivity index (χ3v) is 9.39. The lowest BCUT2D eigenvalue weighted by Crippen LogP contribution is -2.29. The maximum atomic E-state index is 14.1. The fraction of sp³-hybridized carbons (Fsp3) is 0.107. The number of aryl methyl sites for hydroxylation is 1. The number of carbonyl (C=O) groups is 2. The predicted molar refractivity (Wildman–Crippen MR) is 157 cm³/mol. The molecular formula is C28H18Cl2FN5O3S2. The monoisotopic (exact) mass is 625 g/mol. The number of benzene rings is 2. The van der Waals surface area contributed by atoms with Crippen LogP contribution in [0.2, 0.25) is 10.0 Å². The first-order chi connectivity index (χ1) is 19.7. The van der Waals surface area contributed by atoms with Crippen LogP contribution in [-0.4, -0.2) is 36.4 Å². The number of Topliss-reactive ketones (excluding diaryl/α,β-unsaturated/α-hetero) is 1. The number of amides is 1. The summed E-state index contributed by atoms with van der Waals surface area (Å²) in [6.07, 6.45) is 1.71. The Kier molecular flexibility index (Phi) is 7.28. The number of pyridine rings is 1. The van der Waals surface area contributed by atoms with E-state index in [-0.39, 0.29) is 32.3 Å². The van der Waals surface area contributed by atoms with Crippen molar-refractivity contribution in [3.8, 4) is 0 Å². The summed E-state index contributed by atoms with van der Waals surface area (Å²) in [4.78, 5) is 32.8. The average Bonchev–Trinajstić information content (AvgIpc) is 3.63. The lowest BCUT2D eigenvalue weighted by molar-refractivity contribution is -0.132. The van der Waals surface area contributed by atoms with E-state index in [2.05, 4.69) is 15.2 Å². The molecular weight excluding hydrogens is 608 g/mol. The highest BCUT2D eigenvalue weighted by atomic mass is 35.5. The number of fused-ring (bicyclic) bond motifs is 1. The van der Waals surface area contributed by atoms with Gasteiger partial charge in [-0.2, -0.15) is 0 Å². The van der Waals surface area contributed by atoms with E-state index in [4.69, 9.17) is 23.2 Å². The average molecular weight is 627 g/mol. The summed E-state index contributed by atoms with van der Waals surface area (Å²) in [5.41, 5.74) is 2.08. The molecule has 1 aliphatic heterocycles. The van der Waals surface area contributed by atoms with Gasteiger partial charge in [0, 0.05) is 11.9 Å². The predicted octanol–water partition coefficient (Wildman–Crippen LogP) is 6.86. The summed E-state index contributed by atoms with van der Waals surface area (Å²) >= 11 is 14.8. The summed E-state index contributed by atoms with van der Waals surface area (Å²) in [6.45, 7) is 1.70. The Morgan fingerprint density at radius 1 is 1.07 bits per heavy atom. The zero-order valence-corrected chi connectivity index (χ0v) is 24.2. The molecule has 3 aromatic heterocycles. The van der Waals surface area contributed by atoms with E-state index in [0.717, 1.165) is 11.3 Å². The van der Waals surface area contributed by atoms with Crippen molar-refractivity contribution < 1.29 is 19.1 Å². The molecule has 0 aliphatic carbocycles. The number of imidazole rings is 1. The van der Waals surface area contributed by atoms with E-state index in [9.17, 15) is 19.1 Å². The highest BCUT2D eigenvalue weighted by molar-refractivity contribution is 8.00. The fourth-order valence-electron chi connectivity index (χ4n) is 4.67. The molecule has 1 fully saturated rings. The first-order valence-electron chi connectivity index (χ1n) is 12.1. The minimum absolute atomic E-state index is 0.133.